The molecule has 0 radical (unpaired) electrons. The topological polar surface area (TPSA) is 95.9 Å². The number of hydrogen-bond acceptors (Lipinski definition) is 6. The second-order valence-corrected chi connectivity index (χ2v) is 8.19. The van der Waals surface area contributed by atoms with Gasteiger partial charge >= 0.3 is 5.97 Å². The van der Waals surface area contributed by atoms with Crippen molar-refractivity contribution in [3.8, 4) is 0 Å². The van der Waals surface area contributed by atoms with Crippen LogP contribution in [-0.4, -0.2) is 52.1 Å². The number of aliphatic carboxylic acids is 1. The third kappa shape index (κ3) is 2.96. The molecule has 1 fully saturated rings. The first-order valence-electron chi connectivity index (χ1n) is 8.21. The third-order valence-corrected chi connectivity index (χ3v) is 6.88. The van der Waals surface area contributed by atoms with E-state index in [1.165, 1.54) is 23.8 Å². The van der Waals surface area contributed by atoms with Crippen molar-refractivity contribution in [2.75, 3.05) is 12.9 Å². The van der Waals surface area contributed by atoms with E-state index in [1.54, 1.807) is 11.3 Å². The van der Waals surface area contributed by atoms with Gasteiger partial charge in [0.15, 0.2) is 5.70 Å². The summed E-state index contributed by atoms with van der Waals surface area (Å²) in [6, 6.07) is 7.13. The molecular formula is C18H16N2O5S2. The van der Waals surface area contributed by atoms with Gasteiger partial charge in [-0.15, -0.1) is 23.1 Å². The number of rotatable bonds is 5. The van der Waals surface area contributed by atoms with Crippen LogP contribution in [0.1, 0.15) is 5.56 Å². The predicted molar refractivity (Wildman–Crippen MR) is 102 cm³/mol. The standard InChI is InChI=1S/C18H16N2O5S2/c1-25-11-8-27-17-14(16(22)20(17)15(11)18(23)24)19-13(21)6-9-7-26-12-5-3-2-4-10(9)12/h2-5,7,14,17H,6,8H2,1H3,(H,19,21)(H,23,24)/t14-,17-/m1/s1. The number of methoxy groups -OCH3 is 1. The molecule has 2 aromatic rings. The number of carbonyl (C=O) groups is 3. The second kappa shape index (κ2) is 6.90. The predicted octanol–water partition coefficient (Wildman–Crippen LogP) is 1.79. The minimum Gasteiger partial charge on any atom is -0.498 e. The van der Waals surface area contributed by atoms with Crippen molar-refractivity contribution < 1.29 is 24.2 Å². The summed E-state index contributed by atoms with van der Waals surface area (Å²) in [4.78, 5) is 37.6. The summed E-state index contributed by atoms with van der Waals surface area (Å²) in [6.45, 7) is 0. The van der Waals surface area contributed by atoms with Crippen molar-refractivity contribution in [1.29, 1.82) is 0 Å². The van der Waals surface area contributed by atoms with Crippen molar-refractivity contribution >= 4 is 51.0 Å². The van der Waals surface area contributed by atoms with Crippen LogP contribution in [0.2, 0.25) is 0 Å². The van der Waals surface area contributed by atoms with Crippen molar-refractivity contribution in [3.05, 3.63) is 46.7 Å². The fraction of sp³-hybridized carbons (Fsp3) is 0.278. The van der Waals surface area contributed by atoms with Crippen molar-refractivity contribution in [2.24, 2.45) is 0 Å². The van der Waals surface area contributed by atoms with Gasteiger partial charge in [0.25, 0.3) is 5.91 Å². The molecule has 0 saturated carbocycles. The van der Waals surface area contributed by atoms with Crippen molar-refractivity contribution in [3.63, 3.8) is 0 Å². The zero-order valence-corrected chi connectivity index (χ0v) is 15.9. The van der Waals surface area contributed by atoms with Gasteiger partial charge in [-0.05, 0) is 22.4 Å². The van der Waals surface area contributed by atoms with Crippen LogP contribution in [0.3, 0.4) is 0 Å². The molecule has 2 aliphatic rings. The molecule has 2 aliphatic heterocycles. The fourth-order valence-corrected chi connectivity index (χ4v) is 5.59. The number of thiophene rings is 1. The van der Waals surface area contributed by atoms with E-state index < -0.39 is 23.3 Å². The molecule has 140 valence electrons. The Bertz CT molecular complexity index is 983. The number of thioether (sulfide) groups is 1. The number of hydrogen-bond donors (Lipinski definition) is 2. The highest BCUT2D eigenvalue weighted by Gasteiger charge is 2.54. The van der Waals surface area contributed by atoms with Gasteiger partial charge in [0.1, 0.15) is 17.2 Å². The highest BCUT2D eigenvalue weighted by atomic mass is 32.2. The van der Waals surface area contributed by atoms with E-state index in [0.29, 0.717) is 5.75 Å². The summed E-state index contributed by atoms with van der Waals surface area (Å²) in [5, 5.41) is 14.7. The first-order chi connectivity index (χ1) is 13.0. The van der Waals surface area contributed by atoms with Gasteiger partial charge in [-0.25, -0.2) is 4.79 Å². The van der Waals surface area contributed by atoms with Crippen molar-refractivity contribution in [1.82, 2.24) is 10.2 Å². The van der Waals surface area contributed by atoms with Gasteiger partial charge < -0.3 is 15.2 Å². The number of ether oxygens (including phenoxy) is 1. The SMILES string of the molecule is COC1=C(C(=O)O)N2C(=O)[C@@H](NC(=O)Cc3csc4ccccc34)[C@H]2SC1. The molecule has 3 heterocycles. The average Bonchev–Trinajstić information content (AvgIpc) is 3.07. The Hall–Kier alpha value is -2.52. The quantitative estimate of drug-likeness (QED) is 0.738. The van der Waals surface area contributed by atoms with Gasteiger partial charge in [0.05, 0.1) is 19.3 Å². The molecule has 27 heavy (non-hydrogen) atoms. The number of amides is 2. The minimum absolute atomic E-state index is 0.138. The van der Waals surface area contributed by atoms with E-state index in [4.69, 9.17) is 4.74 Å². The van der Waals surface area contributed by atoms with E-state index in [2.05, 4.69) is 5.32 Å². The number of nitrogens with one attached hydrogen (secondary N) is 1. The summed E-state index contributed by atoms with van der Waals surface area (Å²) >= 11 is 2.95. The molecule has 1 aromatic carbocycles. The third-order valence-electron chi connectivity index (χ3n) is 4.61. The Kier molecular flexibility index (Phi) is 4.56. The molecule has 2 amide bonds. The van der Waals surface area contributed by atoms with Crippen LogP contribution in [0.4, 0.5) is 0 Å². The lowest BCUT2D eigenvalue weighted by Gasteiger charge is -2.48. The monoisotopic (exact) mass is 404 g/mol. The zero-order chi connectivity index (χ0) is 19.1. The lowest BCUT2D eigenvalue weighted by Crippen LogP contribution is -2.70. The fourth-order valence-electron chi connectivity index (χ4n) is 3.31. The van der Waals surface area contributed by atoms with E-state index in [0.717, 1.165) is 15.6 Å². The molecule has 0 aliphatic carbocycles. The smallest absolute Gasteiger partial charge is 0.356 e. The Labute approximate surface area is 163 Å². The van der Waals surface area contributed by atoms with Crippen LogP contribution >= 0.6 is 23.1 Å². The molecule has 0 unspecified atom stereocenters. The number of β-lactam (4-membered cyclic amide) rings is 1. The Morgan fingerprint density at radius 2 is 2.15 bits per heavy atom. The molecule has 9 heteroatoms. The van der Waals surface area contributed by atoms with Crippen LogP contribution in [0.25, 0.3) is 10.1 Å². The first kappa shape index (κ1) is 17.9. The minimum atomic E-state index is -1.21. The molecule has 7 nitrogen and oxygen atoms in total. The molecule has 4 rings (SSSR count). The van der Waals surface area contributed by atoms with E-state index in [1.807, 2.05) is 29.6 Å². The number of carboxylic acids is 1. The molecule has 1 saturated heterocycles. The van der Waals surface area contributed by atoms with E-state index >= 15 is 0 Å². The summed E-state index contributed by atoms with van der Waals surface area (Å²) in [7, 11) is 1.38. The molecule has 2 N–H and O–H groups in total. The largest absolute Gasteiger partial charge is 0.498 e. The number of carbonyl (C=O) groups excluding carboxylic acids is 2. The Balaban J connectivity index is 1.47. The molecular weight excluding hydrogens is 388 g/mol. The molecule has 0 spiro atoms. The zero-order valence-electron chi connectivity index (χ0n) is 14.3. The summed E-state index contributed by atoms with van der Waals surface area (Å²) in [5.41, 5.74) is 0.779. The van der Waals surface area contributed by atoms with E-state index in [-0.39, 0.29) is 23.8 Å². The number of nitrogens with zero attached hydrogens (tertiary/aromatic N) is 1. The van der Waals surface area contributed by atoms with Crippen LogP contribution in [0.5, 0.6) is 0 Å². The highest BCUT2D eigenvalue weighted by molar-refractivity contribution is 8.00. The normalized spacial score (nSPS) is 21.7. The lowest BCUT2D eigenvalue weighted by molar-refractivity contribution is -0.151. The molecule has 0 bridgehead atoms. The van der Waals surface area contributed by atoms with Gasteiger partial charge in [-0.1, -0.05) is 18.2 Å². The summed E-state index contributed by atoms with van der Waals surface area (Å²) in [5.74, 6) is -1.29. The van der Waals surface area contributed by atoms with Crippen molar-refractivity contribution in [2.45, 2.75) is 17.8 Å². The summed E-state index contributed by atoms with van der Waals surface area (Å²) in [6.07, 6.45) is 0.177. The number of benzene rings is 1. The van der Waals surface area contributed by atoms with Crippen LogP contribution in [0.15, 0.2) is 41.1 Å². The maximum absolute atomic E-state index is 12.5. The number of fused-ring (bicyclic) bond motifs is 2. The lowest BCUT2D eigenvalue weighted by atomic mass is 10.0. The average molecular weight is 404 g/mol. The van der Waals surface area contributed by atoms with Gasteiger partial charge in [-0.2, -0.15) is 0 Å². The summed E-state index contributed by atoms with van der Waals surface area (Å²) < 4.78 is 6.20. The molecule has 2 atom stereocenters. The van der Waals surface area contributed by atoms with Crippen LogP contribution in [0, 0.1) is 0 Å². The van der Waals surface area contributed by atoms with Crippen LogP contribution < -0.4 is 5.32 Å². The maximum atomic E-state index is 12.5. The number of carboxylic acid groups (broad SMARTS) is 1. The van der Waals surface area contributed by atoms with E-state index in [9.17, 15) is 19.5 Å². The van der Waals surface area contributed by atoms with Gasteiger partial charge in [0.2, 0.25) is 5.91 Å². The highest BCUT2D eigenvalue weighted by Crippen LogP contribution is 2.40. The van der Waals surface area contributed by atoms with Gasteiger partial charge in [-0.3, -0.25) is 14.5 Å². The first-order valence-corrected chi connectivity index (χ1v) is 10.1. The Morgan fingerprint density at radius 1 is 1.37 bits per heavy atom. The molecule has 1 aromatic heterocycles. The maximum Gasteiger partial charge on any atom is 0.356 e. The Morgan fingerprint density at radius 3 is 2.89 bits per heavy atom. The second-order valence-electron chi connectivity index (χ2n) is 6.17. The van der Waals surface area contributed by atoms with Gasteiger partial charge in [0, 0.05) is 4.70 Å². The van der Waals surface area contributed by atoms with Crippen LogP contribution in [-0.2, 0) is 25.5 Å².